The smallest absolute Gasteiger partial charge is 0.167 e. The number of aliphatic imine (C=N–C) groups is 1. The Morgan fingerprint density at radius 1 is 1.24 bits per heavy atom. The molecule has 1 saturated heterocycles. The van der Waals surface area contributed by atoms with Crippen molar-refractivity contribution in [2.75, 3.05) is 24.5 Å². The van der Waals surface area contributed by atoms with Crippen molar-refractivity contribution in [2.45, 2.75) is 45.4 Å². The van der Waals surface area contributed by atoms with Gasteiger partial charge in [-0.2, -0.15) is 0 Å². The van der Waals surface area contributed by atoms with Crippen molar-refractivity contribution >= 4 is 35.1 Å². The van der Waals surface area contributed by atoms with E-state index in [0.29, 0.717) is 0 Å². The molecule has 1 fully saturated rings. The second kappa shape index (κ2) is 8.09. The van der Waals surface area contributed by atoms with Gasteiger partial charge in [0.2, 0.25) is 0 Å². The van der Waals surface area contributed by atoms with E-state index >= 15 is 0 Å². The molecule has 4 nitrogen and oxygen atoms in total. The number of nitrogens with zero attached hydrogens (tertiary/aromatic N) is 3. The van der Waals surface area contributed by atoms with Crippen LogP contribution in [0.4, 0.5) is 11.4 Å². The van der Waals surface area contributed by atoms with Gasteiger partial charge in [-0.05, 0) is 64.3 Å². The molecular weight excluding hydrogens is 330 g/mol. The lowest BCUT2D eigenvalue weighted by Gasteiger charge is -2.28. The van der Waals surface area contributed by atoms with E-state index in [2.05, 4.69) is 46.0 Å². The largest absolute Gasteiger partial charge is 0.372 e. The zero-order valence-electron chi connectivity index (χ0n) is 15.4. The Morgan fingerprint density at radius 3 is 2.52 bits per heavy atom. The summed E-state index contributed by atoms with van der Waals surface area (Å²) in [5.41, 5.74) is 3.32. The molecule has 0 radical (unpaired) electrons. The topological polar surface area (TPSA) is 35.9 Å². The summed E-state index contributed by atoms with van der Waals surface area (Å²) in [4.78, 5) is 22.0. The van der Waals surface area contributed by atoms with Gasteiger partial charge >= 0.3 is 0 Å². The summed E-state index contributed by atoms with van der Waals surface area (Å²) in [6.07, 6.45) is 5.89. The Hall–Kier alpha value is -1.75. The molecule has 1 atom stereocenters. The number of hydrogen-bond donors (Lipinski definition) is 0. The predicted molar refractivity (Wildman–Crippen MR) is 108 cm³/mol. The molecule has 1 unspecified atom stereocenters. The first-order valence-electron chi connectivity index (χ1n) is 9.14. The maximum atomic E-state index is 11.8. The van der Waals surface area contributed by atoms with Crippen molar-refractivity contribution in [3.8, 4) is 0 Å². The Balaban J connectivity index is 1.67. The number of benzene rings is 1. The predicted octanol–water partition coefficient (Wildman–Crippen LogP) is 4.59. The number of Topliss-reactive ketones (excluding diaryl/α,β-unsaturated/α-hetero) is 1. The van der Waals surface area contributed by atoms with E-state index in [1.165, 1.54) is 24.9 Å². The van der Waals surface area contributed by atoms with Crippen molar-refractivity contribution in [1.82, 2.24) is 4.90 Å². The molecule has 5 heteroatoms. The molecule has 0 aromatic heterocycles. The van der Waals surface area contributed by atoms with Crippen LogP contribution >= 0.6 is 11.8 Å². The van der Waals surface area contributed by atoms with Crippen LogP contribution in [0.3, 0.4) is 0 Å². The molecule has 3 rings (SSSR count). The summed E-state index contributed by atoms with van der Waals surface area (Å²) in [7, 11) is 0. The molecule has 0 spiro atoms. The van der Waals surface area contributed by atoms with Gasteiger partial charge in [0.15, 0.2) is 5.78 Å². The second-order valence-electron chi connectivity index (χ2n) is 6.61. The molecule has 2 heterocycles. The number of hydrogen-bond acceptors (Lipinski definition) is 5. The number of piperidine rings is 1. The molecule has 0 aliphatic carbocycles. The van der Waals surface area contributed by atoms with Gasteiger partial charge in [0.25, 0.3) is 0 Å². The summed E-state index contributed by atoms with van der Waals surface area (Å²) in [6, 6.07) is 8.51. The van der Waals surface area contributed by atoms with Crippen LogP contribution in [0.25, 0.3) is 0 Å². The van der Waals surface area contributed by atoms with Crippen LogP contribution in [0, 0.1) is 0 Å². The van der Waals surface area contributed by atoms with Crippen LogP contribution in [0.2, 0.25) is 0 Å². The van der Waals surface area contributed by atoms with E-state index in [1.54, 1.807) is 18.7 Å². The van der Waals surface area contributed by atoms with Crippen molar-refractivity contribution in [3.63, 3.8) is 0 Å². The van der Waals surface area contributed by atoms with Gasteiger partial charge < -0.3 is 9.80 Å². The summed E-state index contributed by atoms with van der Waals surface area (Å²) >= 11 is 1.60. The van der Waals surface area contributed by atoms with E-state index < -0.39 is 0 Å². The van der Waals surface area contributed by atoms with Gasteiger partial charge in [-0.3, -0.25) is 9.79 Å². The average molecular weight is 358 g/mol. The summed E-state index contributed by atoms with van der Waals surface area (Å²) in [5, 5.41) is 0.102. The molecule has 25 heavy (non-hydrogen) atoms. The monoisotopic (exact) mass is 357 g/mol. The highest BCUT2D eigenvalue weighted by Crippen LogP contribution is 2.37. The normalized spacial score (nSPS) is 21.5. The third-order valence-electron chi connectivity index (χ3n) is 4.89. The molecule has 0 saturated carbocycles. The molecule has 0 bridgehead atoms. The Labute approximate surface area is 155 Å². The highest BCUT2D eigenvalue weighted by molar-refractivity contribution is 8.05. The number of carbonyl (C=O) groups excluding carboxylic acids is 1. The van der Waals surface area contributed by atoms with Crippen LogP contribution in [-0.4, -0.2) is 41.9 Å². The maximum absolute atomic E-state index is 11.8. The van der Waals surface area contributed by atoms with E-state index in [-0.39, 0.29) is 11.2 Å². The Kier molecular flexibility index (Phi) is 5.84. The summed E-state index contributed by atoms with van der Waals surface area (Å²) in [6.45, 7) is 8.96. The van der Waals surface area contributed by atoms with Gasteiger partial charge in [0.05, 0.1) is 10.6 Å². The molecule has 2 aliphatic rings. The fourth-order valence-electron chi connectivity index (χ4n) is 3.51. The van der Waals surface area contributed by atoms with Crippen molar-refractivity contribution in [3.05, 3.63) is 34.9 Å². The Bertz CT molecular complexity index is 675. The summed E-state index contributed by atoms with van der Waals surface area (Å²) in [5.74, 6) is 0.141. The molecule has 0 N–H and O–H groups in total. The number of ketones is 1. The number of thioether (sulfide) groups is 1. The van der Waals surface area contributed by atoms with E-state index in [4.69, 9.17) is 0 Å². The maximum Gasteiger partial charge on any atom is 0.167 e. The van der Waals surface area contributed by atoms with Crippen LogP contribution in [0.1, 0.15) is 40.0 Å². The highest BCUT2D eigenvalue weighted by atomic mass is 32.2. The number of allylic oxidation sites excluding steroid dienone is 2. The fourth-order valence-corrected chi connectivity index (χ4v) is 4.76. The molecule has 134 valence electrons. The van der Waals surface area contributed by atoms with E-state index in [0.717, 1.165) is 35.9 Å². The van der Waals surface area contributed by atoms with Gasteiger partial charge in [-0.1, -0.05) is 11.8 Å². The number of rotatable bonds is 5. The van der Waals surface area contributed by atoms with Crippen LogP contribution < -0.4 is 4.90 Å². The lowest BCUT2D eigenvalue weighted by atomic mass is 10.1. The molecular formula is C20H27N3OS. The first-order chi connectivity index (χ1) is 12.1. The molecule has 2 aliphatic heterocycles. The van der Waals surface area contributed by atoms with Gasteiger partial charge in [-0.15, -0.1) is 0 Å². The van der Waals surface area contributed by atoms with Crippen LogP contribution in [0.5, 0.6) is 0 Å². The van der Waals surface area contributed by atoms with Crippen molar-refractivity contribution in [1.29, 1.82) is 0 Å². The Morgan fingerprint density at radius 2 is 1.92 bits per heavy atom. The van der Waals surface area contributed by atoms with E-state index in [1.807, 2.05) is 13.1 Å². The minimum atomic E-state index is 0.102. The lowest BCUT2D eigenvalue weighted by Crippen LogP contribution is -2.29. The average Bonchev–Trinajstić information content (AvgIpc) is 2.97. The first kappa shape index (κ1) is 18.1. The minimum Gasteiger partial charge on any atom is -0.372 e. The summed E-state index contributed by atoms with van der Waals surface area (Å²) < 4.78 is 0. The zero-order valence-corrected chi connectivity index (χ0v) is 16.2. The van der Waals surface area contributed by atoms with Crippen molar-refractivity contribution in [2.24, 2.45) is 4.99 Å². The SMILES string of the molecule is CCN1C(C)=C(C(C)=O)SC1C=Nc1ccc(N2CCCCC2)cc1. The molecule has 1 aromatic carbocycles. The zero-order chi connectivity index (χ0) is 17.8. The quantitative estimate of drug-likeness (QED) is 0.722. The highest BCUT2D eigenvalue weighted by Gasteiger charge is 2.29. The van der Waals surface area contributed by atoms with Gasteiger partial charge in [0.1, 0.15) is 5.37 Å². The van der Waals surface area contributed by atoms with Crippen LogP contribution in [-0.2, 0) is 4.79 Å². The first-order valence-corrected chi connectivity index (χ1v) is 10.0. The number of carbonyl (C=O) groups is 1. The minimum absolute atomic E-state index is 0.102. The third-order valence-corrected chi connectivity index (χ3v) is 6.32. The fraction of sp³-hybridized carbons (Fsp3) is 0.500. The standard InChI is InChI=1S/C20H27N3OS/c1-4-23-15(2)20(16(3)24)25-19(23)14-21-17-8-10-18(11-9-17)22-12-6-5-7-13-22/h8-11,14,19H,4-7,12-13H2,1-3H3. The van der Waals surface area contributed by atoms with Gasteiger partial charge in [-0.25, -0.2) is 0 Å². The lowest BCUT2D eigenvalue weighted by molar-refractivity contribution is -0.113. The van der Waals surface area contributed by atoms with Crippen molar-refractivity contribution < 1.29 is 4.79 Å². The molecule has 1 aromatic rings. The van der Waals surface area contributed by atoms with E-state index in [9.17, 15) is 4.79 Å². The third kappa shape index (κ3) is 4.09. The van der Waals surface area contributed by atoms with Gasteiger partial charge in [0, 0.05) is 37.2 Å². The van der Waals surface area contributed by atoms with Crippen LogP contribution in [0.15, 0.2) is 39.9 Å². The second-order valence-corrected chi connectivity index (χ2v) is 7.73. The number of anilines is 1. The molecule has 0 amide bonds.